The Kier molecular flexibility index (Phi) is 27.9. The summed E-state index contributed by atoms with van der Waals surface area (Å²) in [5.41, 5.74) is 16.1. The van der Waals surface area contributed by atoms with Crippen molar-refractivity contribution in [1.82, 2.24) is 19.7 Å². The van der Waals surface area contributed by atoms with Crippen molar-refractivity contribution in [3.63, 3.8) is 0 Å². The van der Waals surface area contributed by atoms with Crippen LogP contribution < -0.4 is 9.61 Å². The fraction of sp³-hybridized carbons (Fsp3) is 0.692. The second-order valence-electron chi connectivity index (χ2n) is 18.9. The zero-order chi connectivity index (χ0) is 53.4. The molecule has 1 aromatic carbocycles. The van der Waals surface area contributed by atoms with E-state index in [0.29, 0.717) is 37.1 Å². The number of fused-ring (bicyclic) bond motifs is 1. The number of carbonyl (C=O) groups excluding carboxylic acids is 3. The molecule has 0 saturated carbocycles. The lowest BCUT2D eigenvalue weighted by molar-refractivity contribution is -0.169. The number of esters is 3. The molecular formula is C52H78N11O10P. The first-order valence-corrected chi connectivity index (χ1v) is 28.2. The number of hydrogen-bond donors (Lipinski definition) is 1. The number of unbranched alkanes of at least 4 members (excludes halogenated alkanes) is 16. The smallest absolute Gasteiger partial charge is 0.459 e. The monoisotopic (exact) mass is 1050 g/mol. The van der Waals surface area contributed by atoms with Crippen molar-refractivity contribution in [2.24, 2.45) is 16.1 Å². The van der Waals surface area contributed by atoms with Crippen molar-refractivity contribution >= 4 is 31.2 Å². The number of ether oxygens (including phenoxy) is 4. The molecule has 2 aromatic heterocycles. The number of nitrogens with zero attached hydrogens (tertiary/aromatic N) is 10. The lowest BCUT2D eigenvalue weighted by Gasteiger charge is -2.29. The number of carbonyl (C=O) groups is 3. The number of nitriles is 1. The molecule has 21 nitrogen and oxygen atoms in total. The first-order chi connectivity index (χ1) is 35.9. The molecule has 0 radical (unpaired) electrons. The summed E-state index contributed by atoms with van der Waals surface area (Å²) in [6.45, 7) is 7.83. The van der Waals surface area contributed by atoms with Crippen molar-refractivity contribution in [2.45, 2.75) is 199 Å². The minimum absolute atomic E-state index is 0.0143. The Morgan fingerprint density at radius 1 is 0.824 bits per heavy atom. The molecule has 1 aliphatic heterocycles. The summed E-state index contributed by atoms with van der Waals surface area (Å²) in [4.78, 5) is 51.1. The minimum Gasteiger partial charge on any atom is -0.464 e. The predicted molar refractivity (Wildman–Crippen MR) is 278 cm³/mol. The number of azide groups is 2. The maximum atomic E-state index is 14.9. The fourth-order valence-corrected chi connectivity index (χ4v) is 10.3. The van der Waals surface area contributed by atoms with E-state index in [1.165, 1.54) is 17.8 Å². The van der Waals surface area contributed by atoms with Crippen LogP contribution in [-0.4, -0.2) is 83.2 Å². The molecule has 4 rings (SSSR count). The van der Waals surface area contributed by atoms with Crippen LogP contribution in [-0.2, 0) is 48.0 Å². The van der Waals surface area contributed by atoms with Gasteiger partial charge < -0.3 is 23.5 Å². The Morgan fingerprint density at radius 3 is 1.91 bits per heavy atom. The molecule has 3 aromatic rings. The van der Waals surface area contributed by atoms with Gasteiger partial charge in [0.25, 0.3) is 0 Å². The van der Waals surface area contributed by atoms with Gasteiger partial charge in [-0.3, -0.25) is 18.9 Å². The number of rotatable bonds is 39. The molecule has 1 aliphatic rings. The number of hydrogen-bond acceptors (Lipinski definition) is 15. The Balaban J connectivity index is 1.58. The summed E-state index contributed by atoms with van der Waals surface area (Å²) in [7, 11) is -4.53. The highest BCUT2D eigenvalue weighted by Gasteiger charge is 2.63. The Labute approximate surface area is 436 Å². The van der Waals surface area contributed by atoms with E-state index in [4.69, 9.17) is 39.1 Å². The van der Waals surface area contributed by atoms with Gasteiger partial charge in [-0.2, -0.15) is 15.4 Å². The molecule has 6 atom stereocenters. The van der Waals surface area contributed by atoms with Gasteiger partial charge in [0, 0.05) is 35.8 Å². The second-order valence-corrected chi connectivity index (χ2v) is 20.6. The molecule has 0 spiro atoms. The van der Waals surface area contributed by atoms with Crippen LogP contribution in [0.2, 0.25) is 0 Å². The third-order valence-corrected chi connectivity index (χ3v) is 14.9. The third-order valence-electron chi connectivity index (χ3n) is 13.2. The second kappa shape index (κ2) is 34.0. The van der Waals surface area contributed by atoms with Crippen molar-refractivity contribution in [2.75, 3.05) is 26.3 Å². The summed E-state index contributed by atoms with van der Waals surface area (Å²) < 4.78 is 53.2. The molecule has 1 N–H and O–H groups in total. The zero-order valence-corrected chi connectivity index (χ0v) is 44.8. The summed E-state index contributed by atoms with van der Waals surface area (Å²) >= 11 is 0. The highest BCUT2D eigenvalue weighted by molar-refractivity contribution is 7.52. The highest BCUT2D eigenvalue weighted by Crippen LogP contribution is 2.48. The maximum absolute atomic E-state index is 14.9. The van der Waals surface area contributed by atoms with E-state index in [9.17, 15) is 24.2 Å². The van der Waals surface area contributed by atoms with E-state index < -0.39 is 62.2 Å². The van der Waals surface area contributed by atoms with Gasteiger partial charge in [0.15, 0.2) is 12.2 Å². The molecule has 406 valence electrons. The topological polar surface area (TPSA) is 287 Å². The lowest BCUT2D eigenvalue weighted by atomic mass is 9.92. The van der Waals surface area contributed by atoms with E-state index in [0.717, 1.165) is 116 Å². The van der Waals surface area contributed by atoms with Crippen LogP contribution in [0.25, 0.3) is 26.4 Å². The van der Waals surface area contributed by atoms with Gasteiger partial charge in [-0.15, -0.1) is 0 Å². The lowest BCUT2D eigenvalue weighted by Crippen LogP contribution is -2.46. The molecule has 0 amide bonds. The molecule has 0 bridgehead atoms. The molecule has 1 unspecified atom stereocenters. The first-order valence-electron chi connectivity index (χ1n) is 26.7. The van der Waals surface area contributed by atoms with Crippen LogP contribution in [0.1, 0.15) is 173 Å². The van der Waals surface area contributed by atoms with Gasteiger partial charge in [0.2, 0.25) is 5.60 Å². The largest absolute Gasteiger partial charge is 0.464 e. The van der Waals surface area contributed by atoms with Crippen LogP contribution in [0.4, 0.5) is 0 Å². The molecule has 0 aliphatic carbocycles. The van der Waals surface area contributed by atoms with Gasteiger partial charge in [0.05, 0.1) is 30.1 Å². The highest BCUT2D eigenvalue weighted by atomic mass is 31.2. The molecule has 1 saturated heterocycles. The minimum atomic E-state index is -4.53. The number of benzene rings is 1. The van der Waals surface area contributed by atoms with Crippen molar-refractivity contribution in [1.29, 1.82) is 5.26 Å². The average Bonchev–Trinajstić information content (AvgIpc) is 3.97. The van der Waals surface area contributed by atoms with Gasteiger partial charge >= 0.3 is 25.7 Å². The van der Waals surface area contributed by atoms with Gasteiger partial charge in [-0.1, -0.05) is 145 Å². The van der Waals surface area contributed by atoms with E-state index in [1.54, 1.807) is 49.4 Å². The Morgan fingerprint density at radius 2 is 1.36 bits per heavy atom. The van der Waals surface area contributed by atoms with Crippen LogP contribution >= 0.6 is 7.75 Å². The quantitative estimate of drug-likeness (QED) is 0.0106. The summed E-state index contributed by atoms with van der Waals surface area (Å²) in [6.07, 6.45) is 15.0. The Bertz CT molecular complexity index is 2350. The van der Waals surface area contributed by atoms with E-state index in [-0.39, 0.29) is 36.8 Å². The fourth-order valence-electron chi connectivity index (χ4n) is 8.81. The van der Waals surface area contributed by atoms with Crippen LogP contribution in [0.15, 0.2) is 59.0 Å². The SMILES string of the molecule is CCC(CC)COC(=O)[C@@H](C)NP(=O)(OC[C@H]1O[C@@](C#N)(c2ccc3c(C)ncnn23)[C@H](OC(=O)CCCCCCCCCCCN=[N+]=[N-])[C@@H]1OC(=O)CCCCCCCCCCCN=[N+]=[N-])Oc1ccccc1. The maximum Gasteiger partial charge on any atom is 0.459 e. The number of para-hydroxylation sites is 1. The number of aryl methyl sites for hydroxylation is 1. The van der Waals surface area contributed by atoms with E-state index in [1.807, 2.05) is 13.8 Å². The summed E-state index contributed by atoms with van der Waals surface area (Å²) in [5, 5.41) is 25.6. The summed E-state index contributed by atoms with van der Waals surface area (Å²) in [6, 6.07) is 12.7. The molecule has 74 heavy (non-hydrogen) atoms. The van der Waals surface area contributed by atoms with Crippen molar-refractivity contribution < 1.29 is 46.9 Å². The first kappa shape index (κ1) is 60.8. The molecule has 22 heteroatoms. The standard InChI is InChI=1S/C52H78N11O10P/c1-5-42(6-2)36-68-51(66)41(4)60-74(67,73-43-28-22-21-23-29-43)69-37-45-49(70-47(64)30-24-17-13-9-7-11-15-19-26-34-57-61-54)50(52(38-53,72-45)46-33-32-44-40(3)56-39-59-63(44)46)71-48(65)31-25-18-14-10-8-12-16-20-27-35-58-62-55/h21-23,28-29,32-33,39,41-42,45,49-50H,5-20,24-27,30-31,34-37H2,1-4H3,(H,60,67)/t41-,45-,49-,50-,52+,74?/m1/s1. The van der Waals surface area contributed by atoms with Crippen LogP contribution in [0.3, 0.4) is 0 Å². The van der Waals surface area contributed by atoms with Gasteiger partial charge in [0.1, 0.15) is 30.3 Å². The predicted octanol–water partition coefficient (Wildman–Crippen LogP) is 12.6. The molecular weight excluding hydrogens is 970 g/mol. The van der Waals surface area contributed by atoms with Crippen molar-refractivity contribution in [3.05, 3.63) is 81.1 Å². The normalized spacial score (nSPS) is 18.4. The number of aromatic nitrogens is 3. The molecule has 3 heterocycles. The zero-order valence-electron chi connectivity index (χ0n) is 43.9. The Hall–Kier alpha value is -5.73. The van der Waals surface area contributed by atoms with E-state index in [2.05, 4.69) is 41.3 Å². The summed E-state index contributed by atoms with van der Waals surface area (Å²) in [5.74, 6) is -1.64. The molecule has 1 fully saturated rings. The van der Waals surface area contributed by atoms with Crippen LogP contribution in [0, 0.1) is 24.2 Å². The van der Waals surface area contributed by atoms with Gasteiger partial charge in [-0.05, 0) is 80.8 Å². The average molecular weight is 1050 g/mol. The van der Waals surface area contributed by atoms with E-state index >= 15 is 0 Å². The van der Waals surface area contributed by atoms with Crippen molar-refractivity contribution in [3.8, 4) is 11.8 Å². The van der Waals surface area contributed by atoms with Gasteiger partial charge in [-0.25, -0.2) is 14.1 Å². The van der Waals surface area contributed by atoms with Crippen LogP contribution in [0.5, 0.6) is 5.75 Å². The number of nitrogens with one attached hydrogen (secondary N) is 1. The third kappa shape index (κ3) is 20.2.